The molecule has 0 spiro atoms. The van der Waals surface area contributed by atoms with Crippen LogP contribution in [0, 0.1) is 6.92 Å². The lowest BCUT2D eigenvalue weighted by Crippen LogP contribution is -2.29. The van der Waals surface area contributed by atoms with Crippen LogP contribution in [0.25, 0.3) is 0 Å². The molecule has 0 saturated heterocycles. The number of nitrogen functional groups attached to an aromatic ring is 1. The third-order valence-electron chi connectivity index (χ3n) is 3.74. The minimum Gasteiger partial charge on any atom is -0.393 e. The maximum absolute atomic E-state index is 9.53. The second-order valence-corrected chi connectivity index (χ2v) is 5.40. The number of anilines is 2. The number of nitrogens with one attached hydrogen (secondary N) is 1. The maximum atomic E-state index is 9.53. The van der Waals surface area contributed by atoms with E-state index in [1.54, 1.807) is 0 Å². The highest BCUT2D eigenvalue weighted by atomic mass is 16.3. The molecule has 1 fully saturated rings. The molecule has 0 amide bonds. The first kappa shape index (κ1) is 14.1. The summed E-state index contributed by atoms with van der Waals surface area (Å²) >= 11 is 0. The molecule has 1 aromatic heterocycles. The number of aryl methyl sites for hydroxylation is 1. The van der Waals surface area contributed by atoms with Gasteiger partial charge < -0.3 is 16.2 Å². The molecule has 0 atom stereocenters. The molecule has 0 radical (unpaired) electrons. The lowest BCUT2D eigenvalue weighted by atomic mass is 9.93. The SMILES string of the molecule is CCCc1nc(N)c(C)c(NC2CCC(O)CC2)n1. The van der Waals surface area contributed by atoms with Crippen LogP contribution in [0.2, 0.25) is 0 Å². The molecule has 19 heavy (non-hydrogen) atoms. The minimum absolute atomic E-state index is 0.134. The van der Waals surface area contributed by atoms with Gasteiger partial charge in [0.25, 0.3) is 0 Å². The lowest BCUT2D eigenvalue weighted by molar-refractivity contribution is 0.126. The van der Waals surface area contributed by atoms with Gasteiger partial charge in [0, 0.05) is 18.0 Å². The van der Waals surface area contributed by atoms with Crippen molar-refractivity contribution in [3.05, 3.63) is 11.4 Å². The Kier molecular flexibility index (Phi) is 4.58. The number of hydrogen-bond acceptors (Lipinski definition) is 5. The van der Waals surface area contributed by atoms with E-state index in [-0.39, 0.29) is 6.10 Å². The molecule has 1 saturated carbocycles. The Labute approximate surface area is 114 Å². The van der Waals surface area contributed by atoms with Gasteiger partial charge in [-0.05, 0) is 39.0 Å². The van der Waals surface area contributed by atoms with E-state index in [0.29, 0.717) is 11.9 Å². The Bertz CT molecular complexity index is 428. The van der Waals surface area contributed by atoms with Crippen LogP contribution in [0.1, 0.15) is 50.4 Å². The first-order valence-corrected chi connectivity index (χ1v) is 7.17. The molecule has 2 rings (SSSR count). The molecule has 106 valence electrons. The van der Waals surface area contributed by atoms with Crippen molar-refractivity contribution in [2.45, 2.75) is 64.5 Å². The van der Waals surface area contributed by atoms with Gasteiger partial charge in [0.2, 0.25) is 0 Å². The second kappa shape index (κ2) is 6.19. The average Bonchev–Trinajstić information content (AvgIpc) is 2.38. The molecule has 0 aliphatic heterocycles. The predicted octanol–water partition coefficient (Wildman–Crippen LogP) is 2.04. The highest BCUT2D eigenvalue weighted by Crippen LogP contribution is 2.24. The fourth-order valence-electron chi connectivity index (χ4n) is 2.47. The van der Waals surface area contributed by atoms with Crippen molar-refractivity contribution in [2.24, 2.45) is 0 Å². The average molecular weight is 264 g/mol. The van der Waals surface area contributed by atoms with Crippen LogP contribution in [0.5, 0.6) is 0 Å². The van der Waals surface area contributed by atoms with Gasteiger partial charge in [0.1, 0.15) is 17.5 Å². The quantitative estimate of drug-likeness (QED) is 0.775. The highest BCUT2D eigenvalue weighted by molar-refractivity contribution is 5.55. The molecule has 1 aliphatic carbocycles. The normalized spacial score (nSPS) is 23.3. The molecule has 0 unspecified atom stereocenters. The highest BCUT2D eigenvalue weighted by Gasteiger charge is 2.20. The van der Waals surface area contributed by atoms with Crippen molar-refractivity contribution in [2.75, 3.05) is 11.1 Å². The van der Waals surface area contributed by atoms with Crippen LogP contribution in [0.15, 0.2) is 0 Å². The smallest absolute Gasteiger partial charge is 0.134 e. The number of aliphatic hydroxyl groups is 1. The Morgan fingerprint density at radius 3 is 2.58 bits per heavy atom. The van der Waals surface area contributed by atoms with Crippen molar-refractivity contribution in [3.63, 3.8) is 0 Å². The minimum atomic E-state index is -0.134. The standard InChI is InChI=1S/C14H24N4O/c1-3-4-12-17-13(15)9(2)14(18-12)16-10-5-7-11(19)8-6-10/h10-11,19H,3-8H2,1-2H3,(H3,15,16,17,18). The van der Waals surface area contributed by atoms with E-state index in [9.17, 15) is 5.11 Å². The summed E-state index contributed by atoms with van der Waals surface area (Å²) in [6.45, 7) is 4.06. The van der Waals surface area contributed by atoms with E-state index in [1.165, 1.54) is 0 Å². The summed E-state index contributed by atoms with van der Waals surface area (Å²) in [5.41, 5.74) is 6.87. The zero-order valence-electron chi connectivity index (χ0n) is 11.8. The van der Waals surface area contributed by atoms with Crippen molar-refractivity contribution in [3.8, 4) is 0 Å². The van der Waals surface area contributed by atoms with Gasteiger partial charge in [-0.3, -0.25) is 0 Å². The predicted molar refractivity (Wildman–Crippen MR) is 77.1 cm³/mol. The maximum Gasteiger partial charge on any atom is 0.134 e. The van der Waals surface area contributed by atoms with E-state index in [1.807, 2.05) is 6.92 Å². The van der Waals surface area contributed by atoms with E-state index in [4.69, 9.17) is 5.73 Å². The van der Waals surface area contributed by atoms with Gasteiger partial charge >= 0.3 is 0 Å². The summed E-state index contributed by atoms with van der Waals surface area (Å²) < 4.78 is 0. The summed E-state index contributed by atoms with van der Waals surface area (Å²) in [6.07, 6.45) is 5.41. The lowest BCUT2D eigenvalue weighted by Gasteiger charge is -2.27. The van der Waals surface area contributed by atoms with Crippen LogP contribution in [-0.4, -0.2) is 27.2 Å². The van der Waals surface area contributed by atoms with Gasteiger partial charge in [0.05, 0.1) is 6.10 Å². The molecule has 1 heterocycles. The van der Waals surface area contributed by atoms with E-state index < -0.39 is 0 Å². The van der Waals surface area contributed by atoms with Crippen LogP contribution in [0.4, 0.5) is 11.6 Å². The van der Waals surface area contributed by atoms with Gasteiger partial charge in [0.15, 0.2) is 0 Å². The molecule has 1 aromatic rings. The molecular formula is C14H24N4O. The van der Waals surface area contributed by atoms with Gasteiger partial charge in [-0.2, -0.15) is 0 Å². The Morgan fingerprint density at radius 1 is 1.26 bits per heavy atom. The van der Waals surface area contributed by atoms with Crippen LogP contribution >= 0.6 is 0 Å². The molecule has 5 nitrogen and oxygen atoms in total. The Balaban J connectivity index is 2.10. The molecular weight excluding hydrogens is 240 g/mol. The summed E-state index contributed by atoms with van der Waals surface area (Å²) in [7, 11) is 0. The largest absolute Gasteiger partial charge is 0.393 e. The summed E-state index contributed by atoms with van der Waals surface area (Å²) in [5, 5.41) is 13.0. The monoisotopic (exact) mass is 264 g/mol. The third-order valence-corrected chi connectivity index (χ3v) is 3.74. The summed E-state index contributed by atoms with van der Waals surface area (Å²) in [6, 6.07) is 0.380. The number of nitrogens with zero attached hydrogens (tertiary/aromatic N) is 2. The van der Waals surface area contributed by atoms with E-state index >= 15 is 0 Å². The van der Waals surface area contributed by atoms with Gasteiger partial charge in [-0.15, -0.1) is 0 Å². The molecule has 4 N–H and O–H groups in total. The van der Waals surface area contributed by atoms with E-state index in [2.05, 4.69) is 22.2 Å². The first-order chi connectivity index (χ1) is 9.10. The van der Waals surface area contributed by atoms with Crippen LogP contribution in [0.3, 0.4) is 0 Å². The zero-order chi connectivity index (χ0) is 13.8. The van der Waals surface area contributed by atoms with E-state index in [0.717, 1.165) is 55.7 Å². The fraction of sp³-hybridized carbons (Fsp3) is 0.714. The summed E-state index contributed by atoms with van der Waals surface area (Å²) in [5.74, 6) is 2.23. The van der Waals surface area contributed by atoms with Crippen LogP contribution < -0.4 is 11.1 Å². The van der Waals surface area contributed by atoms with Crippen molar-refractivity contribution in [1.82, 2.24) is 9.97 Å². The Hall–Kier alpha value is -1.36. The molecule has 0 aromatic carbocycles. The van der Waals surface area contributed by atoms with Gasteiger partial charge in [-0.1, -0.05) is 6.92 Å². The number of hydrogen-bond donors (Lipinski definition) is 3. The fourth-order valence-corrected chi connectivity index (χ4v) is 2.47. The number of aromatic nitrogens is 2. The second-order valence-electron chi connectivity index (χ2n) is 5.40. The van der Waals surface area contributed by atoms with Gasteiger partial charge in [-0.25, -0.2) is 9.97 Å². The first-order valence-electron chi connectivity index (χ1n) is 7.17. The third kappa shape index (κ3) is 3.56. The topological polar surface area (TPSA) is 84.1 Å². The summed E-state index contributed by atoms with van der Waals surface area (Å²) in [4.78, 5) is 8.89. The van der Waals surface area contributed by atoms with Crippen molar-refractivity contribution < 1.29 is 5.11 Å². The molecule has 5 heteroatoms. The number of rotatable bonds is 4. The zero-order valence-corrected chi connectivity index (χ0v) is 11.8. The van der Waals surface area contributed by atoms with Crippen molar-refractivity contribution >= 4 is 11.6 Å². The molecule has 0 bridgehead atoms. The number of aliphatic hydroxyl groups excluding tert-OH is 1. The number of nitrogens with two attached hydrogens (primary N) is 1. The Morgan fingerprint density at radius 2 is 1.95 bits per heavy atom. The van der Waals surface area contributed by atoms with Crippen LogP contribution in [-0.2, 0) is 6.42 Å². The van der Waals surface area contributed by atoms with Crippen molar-refractivity contribution in [1.29, 1.82) is 0 Å². The molecule has 1 aliphatic rings.